The molecule has 2 heteroatoms. The molecule has 0 heterocycles. The van der Waals surface area contributed by atoms with E-state index < -0.39 is 0 Å². The van der Waals surface area contributed by atoms with Crippen LogP contribution in [0.4, 0.5) is 0 Å². The minimum absolute atomic E-state index is 0.279. The minimum atomic E-state index is 0.279. The standard InChI is InChI=1S/C11H23NO/c1-3-10(8-13)12-11-6-4-5-9(2)7-11/h9-13H,3-8H2,1-2H3/t9?,10-,11?/m0/s1. The van der Waals surface area contributed by atoms with E-state index in [1.54, 1.807) is 0 Å². The predicted molar refractivity (Wildman–Crippen MR) is 55.7 cm³/mol. The number of hydrogen-bond donors (Lipinski definition) is 2. The van der Waals surface area contributed by atoms with Crippen LogP contribution < -0.4 is 5.32 Å². The highest BCUT2D eigenvalue weighted by atomic mass is 16.3. The van der Waals surface area contributed by atoms with E-state index in [4.69, 9.17) is 5.11 Å². The maximum Gasteiger partial charge on any atom is 0.0584 e. The van der Waals surface area contributed by atoms with Crippen molar-refractivity contribution in [2.75, 3.05) is 6.61 Å². The summed E-state index contributed by atoms with van der Waals surface area (Å²) >= 11 is 0. The van der Waals surface area contributed by atoms with Gasteiger partial charge in [0.2, 0.25) is 0 Å². The predicted octanol–water partition coefficient (Wildman–Crippen LogP) is 1.93. The van der Waals surface area contributed by atoms with Crippen molar-refractivity contribution in [1.29, 1.82) is 0 Å². The summed E-state index contributed by atoms with van der Waals surface area (Å²) < 4.78 is 0. The SMILES string of the molecule is CC[C@@H](CO)NC1CCCC(C)C1. The largest absolute Gasteiger partial charge is 0.395 e. The van der Waals surface area contributed by atoms with Crippen LogP contribution in [0.2, 0.25) is 0 Å². The van der Waals surface area contributed by atoms with E-state index in [1.165, 1.54) is 25.7 Å². The summed E-state index contributed by atoms with van der Waals surface area (Å²) in [6.45, 7) is 4.73. The average Bonchev–Trinajstić information content (AvgIpc) is 2.14. The molecule has 2 N–H and O–H groups in total. The molecule has 2 nitrogen and oxygen atoms in total. The Labute approximate surface area is 81.7 Å². The molecular formula is C11H23NO. The highest BCUT2D eigenvalue weighted by Gasteiger charge is 2.20. The van der Waals surface area contributed by atoms with E-state index in [2.05, 4.69) is 19.2 Å². The van der Waals surface area contributed by atoms with Gasteiger partial charge in [-0.1, -0.05) is 26.7 Å². The quantitative estimate of drug-likeness (QED) is 0.701. The molecule has 3 atom stereocenters. The molecule has 0 aromatic heterocycles. The number of aliphatic hydroxyl groups is 1. The molecule has 0 aliphatic heterocycles. The lowest BCUT2D eigenvalue weighted by molar-refractivity contribution is 0.204. The van der Waals surface area contributed by atoms with E-state index in [1.807, 2.05) is 0 Å². The molecule has 1 rings (SSSR count). The highest BCUT2D eigenvalue weighted by molar-refractivity contribution is 4.78. The van der Waals surface area contributed by atoms with Crippen molar-refractivity contribution in [3.63, 3.8) is 0 Å². The van der Waals surface area contributed by atoms with Crippen molar-refractivity contribution in [2.24, 2.45) is 5.92 Å². The third-order valence-electron chi connectivity index (χ3n) is 3.12. The van der Waals surface area contributed by atoms with E-state index >= 15 is 0 Å². The molecule has 0 bridgehead atoms. The molecule has 0 saturated heterocycles. The van der Waals surface area contributed by atoms with E-state index in [0.717, 1.165) is 12.3 Å². The van der Waals surface area contributed by atoms with E-state index in [9.17, 15) is 0 Å². The van der Waals surface area contributed by atoms with Crippen LogP contribution in [-0.4, -0.2) is 23.8 Å². The third-order valence-corrected chi connectivity index (χ3v) is 3.12. The number of hydrogen-bond acceptors (Lipinski definition) is 2. The fraction of sp³-hybridized carbons (Fsp3) is 1.00. The highest BCUT2D eigenvalue weighted by Crippen LogP contribution is 2.23. The van der Waals surface area contributed by atoms with Gasteiger partial charge in [-0.05, 0) is 25.2 Å². The summed E-state index contributed by atoms with van der Waals surface area (Å²) in [4.78, 5) is 0. The van der Waals surface area contributed by atoms with Crippen LogP contribution in [0.25, 0.3) is 0 Å². The van der Waals surface area contributed by atoms with Gasteiger partial charge in [-0.15, -0.1) is 0 Å². The van der Waals surface area contributed by atoms with Gasteiger partial charge in [0.25, 0.3) is 0 Å². The molecule has 0 aromatic rings. The number of rotatable bonds is 4. The lowest BCUT2D eigenvalue weighted by Crippen LogP contribution is -2.42. The monoisotopic (exact) mass is 185 g/mol. The van der Waals surface area contributed by atoms with Gasteiger partial charge in [0.15, 0.2) is 0 Å². The van der Waals surface area contributed by atoms with Gasteiger partial charge in [0, 0.05) is 12.1 Å². The zero-order valence-corrected chi connectivity index (χ0v) is 8.92. The molecule has 0 aromatic carbocycles. The van der Waals surface area contributed by atoms with Crippen molar-refractivity contribution >= 4 is 0 Å². The Balaban J connectivity index is 2.26. The van der Waals surface area contributed by atoms with Gasteiger partial charge >= 0.3 is 0 Å². The van der Waals surface area contributed by atoms with Crippen LogP contribution in [0.5, 0.6) is 0 Å². The fourth-order valence-corrected chi connectivity index (χ4v) is 2.22. The van der Waals surface area contributed by atoms with Crippen molar-refractivity contribution in [1.82, 2.24) is 5.32 Å². The second-order valence-electron chi connectivity index (χ2n) is 4.42. The summed E-state index contributed by atoms with van der Waals surface area (Å²) in [6.07, 6.45) is 6.34. The van der Waals surface area contributed by atoms with Crippen LogP contribution in [0.3, 0.4) is 0 Å². The van der Waals surface area contributed by atoms with E-state index in [-0.39, 0.29) is 6.61 Å². The maximum atomic E-state index is 9.06. The minimum Gasteiger partial charge on any atom is -0.395 e. The van der Waals surface area contributed by atoms with Crippen LogP contribution in [0, 0.1) is 5.92 Å². The molecule has 1 aliphatic rings. The first-order valence-corrected chi connectivity index (χ1v) is 5.63. The lowest BCUT2D eigenvalue weighted by atomic mass is 9.86. The summed E-state index contributed by atoms with van der Waals surface area (Å²) in [5.41, 5.74) is 0. The zero-order chi connectivity index (χ0) is 9.68. The topological polar surface area (TPSA) is 32.3 Å². The van der Waals surface area contributed by atoms with Crippen molar-refractivity contribution in [3.8, 4) is 0 Å². The summed E-state index contributed by atoms with van der Waals surface area (Å²) in [5.74, 6) is 0.863. The second-order valence-corrected chi connectivity index (χ2v) is 4.42. The molecule has 1 saturated carbocycles. The smallest absolute Gasteiger partial charge is 0.0584 e. The second kappa shape index (κ2) is 5.61. The van der Waals surface area contributed by atoms with Gasteiger partial charge < -0.3 is 10.4 Å². The molecule has 13 heavy (non-hydrogen) atoms. The Morgan fingerprint density at radius 2 is 2.23 bits per heavy atom. The van der Waals surface area contributed by atoms with Gasteiger partial charge in [0.1, 0.15) is 0 Å². The average molecular weight is 185 g/mol. The first kappa shape index (κ1) is 11.0. The summed E-state index contributed by atoms with van der Waals surface area (Å²) in [6, 6.07) is 0.969. The molecule has 0 spiro atoms. The van der Waals surface area contributed by atoms with Gasteiger partial charge in [-0.25, -0.2) is 0 Å². The molecule has 2 unspecified atom stereocenters. The molecule has 0 amide bonds. The normalized spacial score (nSPS) is 31.6. The van der Waals surface area contributed by atoms with Crippen molar-refractivity contribution in [2.45, 2.75) is 58.0 Å². The van der Waals surface area contributed by atoms with Crippen molar-refractivity contribution in [3.05, 3.63) is 0 Å². The van der Waals surface area contributed by atoms with Gasteiger partial charge in [-0.3, -0.25) is 0 Å². The van der Waals surface area contributed by atoms with Gasteiger partial charge in [0.05, 0.1) is 6.61 Å². The summed E-state index contributed by atoms with van der Waals surface area (Å²) in [5, 5.41) is 12.6. The first-order chi connectivity index (χ1) is 6.26. The maximum absolute atomic E-state index is 9.06. The van der Waals surface area contributed by atoms with Crippen LogP contribution >= 0.6 is 0 Å². The Morgan fingerprint density at radius 3 is 2.77 bits per heavy atom. The lowest BCUT2D eigenvalue weighted by Gasteiger charge is -2.30. The first-order valence-electron chi connectivity index (χ1n) is 5.63. The van der Waals surface area contributed by atoms with Crippen LogP contribution in [0.15, 0.2) is 0 Å². The van der Waals surface area contributed by atoms with Crippen molar-refractivity contribution < 1.29 is 5.11 Å². The molecule has 1 aliphatic carbocycles. The molecule has 78 valence electrons. The van der Waals surface area contributed by atoms with Gasteiger partial charge in [-0.2, -0.15) is 0 Å². The third kappa shape index (κ3) is 3.65. The zero-order valence-electron chi connectivity index (χ0n) is 8.92. The fourth-order valence-electron chi connectivity index (χ4n) is 2.22. The Bertz CT molecular complexity index is 134. The Morgan fingerprint density at radius 1 is 1.46 bits per heavy atom. The van der Waals surface area contributed by atoms with E-state index in [0.29, 0.717) is 12.1 Å². The number of aliphatic hydroxyl groups excluding tert-OH is 1. The summed E-state index contributed by atoms with van der Waals surface area (Å²) in [7, 11) is 0. The number of nitrogens with one attached hydrogen (secondary N) is 1. The Kier molecular flexibility index (Phi) is 4.74. The molecular weight excluding hydrogens is 162 g/mol. The Hall–Kier alpha value is -0.0800. The van der Waals surface area contributed by atoms with Crippen LogP contribution in [-0.2, 0) is 0 Å². The molecule has 1 fully saturated rings. The van der Waals surface area contributed by atoms with Crippen LogP contribution in [0.1, 0.15) is 46.0 Å². The molecule has 0 radical (unpaired) electrons.